The number of hydrogen-bond donors (Lipinski definition) is 2. The lowest BCUT2D eigenvalue weighted by molar-refractivity contribution is -0.183. The number of ether oxygens (including phenoxy) is 2. The number of carbonyl (C=O) groups excluding carboxylic acids is 1. The fraction of sp³-hybridized carbons (Fsp3) is 0.391. The van der Waals surface area contributed by atoms with Gasteiger partial charge in [0.25, 0.3) is 0 Å². The van der Waals surface area contributed by atoms with Gasteiger partial charge in [0.2, 0.25) is 0 Å². The molecule has 3 fully saturated rings. The third-order valence-electron chi connectivity index (χ3n) is 6.41. The molecule has 0 aliphatic heterocycles. The lowest BCUT2D eigenvalue weighted by Crippen LogP contribution is -2.73. The van der Waals surface area contributed by atoms with E-state index < -0.39 is 23.5 Å². The Bertz CT molecular complexity index is 920. The second kappa shape index (κ2) is 7.10. The van der Waals surface area contributed by atoms with E-state index in [1.54, 1.807) is 7.11 Å². The minimum Gasteiger partial charge on any atom is -0.497 e. The molecule has 1 unspecified atom stereocenters. The smallest absolute Gasteiger partial charge is 0.408 e. The first-order chi connectivity index (χ1) is 13.9. The molecule has 3 aliphatic carbocycles. The Balaban J connectivity index is 1.39. The predicted molar refractivity (Wildman–Crippen MR) is 107 cm³/mol. The van der Waals surface area contributed by atoms with Crippen LogP contribution >= 0.6 is 0 Å². The molecule has 5 rings (SSSR count). The largest absolute Gasteiger partial charge is 0.497 e. The zero-order chi connectivity index (χ0) is 20.6. The monoisotopic (exact) mass is 395 g/mol. The molecule has 0 radical (unpaired) electrons. The maximum Gasteiger partial charge on any atom is 0.408 e. The van der Waals surface area contributed by atoms with E-state index in [2.05, 4.69) is 18.3 Å². The van der Waals surface area contributed by atoms with Gasteiger partial charge in [-0.25, -0.2) is 9.59 Å². The molecule has 6 nitrogen and oxygen atoms in total. The van der Waals surface area contributed by atoms with E-state index in [0.717, 1.165) is 36.1 Å². The second-order valence-electron chi connectivity index (χ2n) is 8.33. The molecule has 29 heavy (non-hydrogen) atoms. The first-order valence-electron chi connectivity index (χ1n) is 9.73. The number of carbonyl (C=O) groups is 2. The topological polar surface area (TPSA) is 84.9 Å². The molecule has 1 amide bonds. The van der Waals surface area contributed by atoms with Crippen LogP contribution < -0.4 is 10.1 Å². The number of alkyl carbamates (subject to hydrolysis) is 1. The molecule has 2 bridgehead atoms. The number of nitrogens with one attached hydrogen (secondary N) is 1. The molecule has 152 valence electrons. The lowest BCUT2D eigenvalue weighted by Gasteiger charge is -2.72. The zero-order valence-electron chi connectivity index (χ0n) is 16.6. The number of carboxylic acid groups (broad SMARTS) is 1. The standard InChI is InChI=1S/C23H25NO5/c1-15-10-17(28-2)8-9-18(15)22-12-23(13-22,14-22)19(20(25)26)24-21(27)29-11-16-6-4-3-5-7-16/h3-10,19H,11-14H2,1-2H3,(H,24,27)(H,25,26). The van der Waals surface area contributed by atoms with Crippen LogP contribution in [0.2, 0.25) is 0 Å². The van der Waals surface area contributed by atoms with Crippen molar-refractivity contribution in [2.45, 2.75) is 44.2 Å². The highest BCUT2D eigenvalue weighted by Crippen LogP contribution is 2.75. The van der Waals surface area contributed by atoms with Crippen molar-refractivity contribution in [1.82, 2.24) is 5.32 Å². The Hall–Kier alpha value is -3.02. The van der Waals surface area contributed by atoms with Gasteiger partial charge >= 0.3 is 12.1 Å². The normalized spacial score (nSPS) is 25.2. The molecule has 3 aliphatic rings. The van der Waals surface area contributed by atoms with E-state index in [-0.39, 0.29) is 12.0 Å². The van der Waals surface area contributed by atoms with Crippen LogP contribution in [0.25, 0.3) is 0 Å². The van der Waals surface area contributed by atoms with Crippen LogP contribution in [-0.4, -0.2) is 30.3 Å². The Kier molecular flexibility index (Phi) is 4.73. The minimum absolute atomic E-state index is 0.0136. The third kappa shape index (κ3) is 3.33. The van der Waals surface area contributed by atoms with E-state index in [0.29, 0.717) is 0 Å². The SMILES string of the molecule is COc1ccc(C23CC(C(NC(=O)OCc4ccccc4)C(=O)O)(C2)C3)c(C)c1. The Labute approximate surface area is 169 Å². The van der Waals surface area contributed by atoms with Crippen molar-refractivity contribution < 1.29 is 24.2 Å². The molecule has 1 atom stereocenters. The Morgan fingerprint density at radius 2 is 1.83 bits per heavy atom. The Morgan fingerprint density at radius 3 is 2.41 bits per heavy atom. The second-order valence-corrected chi connectivity index (χ2v) is 8.33. The number of amides is 1. The van der Waals surface area contributed by atoms with Gasteiger partial charge in [0.1, 0.15) is 18.4 Å². The van der Waals surface area contributed by atoms with Crippen LogP contribution in [0.15, 0.2) is 48.5 Å². The fourth-order valence-corrected chi connectivity index (χ4v) is 5.18. The van der Waals surface area contributed by atoms with E-state index in [9.17, 15) is 14.7 Å². The van der Waals surface area contributed by atoms with Gasteiger partial charge in [-0.2, -0.15) is 0 Å². The summed E-state index contributed by atoms with van der Waals surface area (Å²) >= 11 is 0. The van der Waals surface area contributed by atoms with Gasteiger partial charge in [-0.1, -0.05) is 36.4 Å². The molecule has 2 aromatic carbocycles. The summed E-state index contributed by atoms with van der Waals surface area (Å²) in [5.74, 6) is -0.194. The molecule has 0 spiro atoms. The van der Waals surface area contributed by atoms with Gasteiger partial charge in [0, 0.05) is 5.41 Å². The van der Waals surface area contributed by atoms with Crippen LogP contribution in [0.4, 0.5) is 4.79 Å². The maximum absolute atomic E-state index is 12.2. The van der Waals surface area contributed by atoms with Crippen LogP contribution in [0.5, 0.6) is 5.75 Å². The van der Waals surface area contributed by atoms with Crippen LogP contribution in [0.3, 0.4) is 0 Å². The van der Waals surface area contributed by atoms with Gasteiger partial charge in [-0.15, -0.1) is 0 Å². The first kappa shape index (κ1) is 19.3. The zero-order valence-corrected chi connectivity index (χ0v) is 16.6. The van der Waals surface area contributed by atoms with Crippen LogP contribution in [0.1, 0.15) is 36.0 Å². The molecular weight excluding hydrogens is 370 g/mol. The summed E-state index contributed by atoms with van der Waals surface area (Å²) in [4.78, 5) is 24.1. The van der Waals surface area contributed by atoms with Gasteiger partial charge in [0.05, 0.1) is 7.11 Å². The quantitative estimate of drug-likeness (QED) is 0.745. The first-order valence-corrected chi connectivity index (χ1v) is 9.73. The molecule has 2 N–H and O–H groups in total. The number of benzene rings is 2. The van der Waals surface area contributed by atoms with E-state index in [1.807, 2.05) is 42.5 Å². The summed E-state index contributed by atoms with van der Waals surface area (Å²) in [5, 5.41) is 12.3. The summed E-state index contributed by atoms with van der Waals surface area (Å²) in [6, 6.07) is 14.4. The number of rotatable bonds is 7. The van der Waals surface area contributed by atoms with Crippen molar-refractivity contribution in [2.75, 3.05) is 7.11 Å². The fourth-order valence-electron chi connectivity index (χ4n) is 5.18. The van der Waals surface area contributed by atoms with Crippen molar-refractivity contribution in [3.8, 4) is 5.75 Å². The highest BCUT2D eigenvalue weighted by atomic mass is 16.5. The van der Waals surface area contributed by atoms with Gasteiger partial charge < -0.3 is 19.9 Å². The maximum atomic E-state index is 12.2. The summed E-state index contributed by atoms with van der Waals surface area (Å²) < 4.78 is 10.5. The number of hydrogen-bond acceptors (Lipinski definition) is 4. The average molecular weight is 395 g/mol. The van der Waals surface area contributed by atoms with Gasteiger partial charge in [-0.3, -0.25) is 0 Å². The van der Waals surface area contributed by atoms with Crippen molar-refractivity contribution in [1.29, 1.82) is 0 Å². The summed E-state index contributed by atoms with van der Waals surface area (Å²) in [6.07, 6.45) is 1.57. The van der Waals surface area contributed by atoms with Crippen molar-refractivity contribution in [3.05, 3.63) is 65.2 Å². The van der Waals surface area contributed by atoms with E-state index in [4.69, 9.17) is 9.47 Å². The highest BCUT2D eigenvalue weighted by Gasteiger charge is 2.72. The highest BCUT2D eigenvalue weighted by molar-refractivity contribution is 5.82. The Morgan fingerprint density at radius 1 is 1.14 bits per heavy atom. The van der Waals surface area contributed by atoms with Crippen LogP contribution in [-0.2, 0) is 21.6 Å². The molecule has 3 saturated carbocycles. The van der Waals surface area contributed by atoms with E-state index in [1.165, 1.54) is 5.56 Å². The number of carboxylic acids is 1. The minimum atomic E-state index is -1.01. The summed E-state index contributed by atoms with van der Waals surface area (Å²) in [6.45, 7) is 2.17. The molecule has 0 saturated heterocycles. The predicted octanol–water partition coefficient (Wildman–Crippen LogP) is 3.80. The van der Waals surface area contributed by atoms with E-state index >= 15 is 0 Å². The summed E-state index contributed by atoms with van der Waals surface area (Å²) in [7, 11) is 1.64. The van der Waals surface area contributed by atoms with Crippen molar-refractivity contribution in [2.24, 2.45) is 5.41 Å². The lowest BCUT2D eigenvalue weighted by atomic mass is 9.31. The molecule has 0 aromatic heterocycles. The summed E-state index contributed by atoms with van der Waals surface area (Å²) in [5.41, 5.74) is 2.87. The third-order valence-corrected chi connectivity index (χ3v) is 6.41. The van der Waals surface area contributed by atoms with Crippen molar-refractivity contribution in [3.63, 3.8) is 0 Å². The molecule has 6 heteroatoms. The molecular formula is C23H25NO5. The number of methoxy groups -OCH3 is 1. The van der Waals surface area contributed by atoms with Crippen LogP contribution in [0, 0.1) is 12.3 Å². The number of aliphatic carboxylic acids is 1. The molecule has 2 aromatic rings. The van der Waals surface area contributed by atoms with Gasteiger partial charge in [-0.05, 0) is 60.4 Å². The average Bonchev–Trinajstić information content (AvgIpc) is 2.65. The number of aryl methyl sites for hydroxylation is 1. The van der Waals surface area contributed by atoms with Gasteiger partial charge in [0.15, 0.2) is 0 Å². The van der Waals surface area contributed by atoms with Crippen molar-refractivity contribution >= 4 is 12.1 Å². The molecule has 0 heterocycles.